The highest BCUT2D eigenvalue weighted by Gasteiger charge is 2.22. The van der Waals surface area contributed by atoms with E-state index in [-0.39, 0.29) is 34.7 Å². The van der Waals surface area contributed by atoms with Crippen LogP contribution in [0, 0.1) is 0 Å². The van der Waals surface area contributed by atoms with E-state index in [1.54, 1.807) is 0 Å². The number of carboxylic acid groups (broad SMARTS) is 2. The van der Waals surface area contributed by atoms with Crippen LogP contribution in [0.1, 0.15) is 21.5 Å². The molecule has 0 saturated heterocycles. The summed E-state index contributed by atoms with van der Waals surface area (Å²) in [7, 11) is 0. The summed E-state index contributed by atoms with van der Waals surface area (Å²) >= 11 is 0. The molecule has 3 rings (SSSR count). The first-order chi connectivity index (χ1) is 14.7. The fraction of sp³-hybridized carbons (Fsp3) is 0. The van der Waals surface area contributed by atoms with Crippen molar-refractivity contribution in [1.82, 2.24) is 0 Å². The van der Waals surface area contributed by atoms with Crippen molar-refractivity contribution in [3.8, 4) is 17.2 Å². The molecule has 0 radical (unpaired) electrons. The van der Waals surface area contributed by atoms with Gasteiger partial charge in [0.1, 0.15) is 16.9 Å². The highest BCUT2D eigenvalue weighted by Crippen LogP contribution is 2.37. The molecule has 0 aliphatic heterocycles. The minimum Gasteiger partial charge on any atom is -0.507 e. The zero-order valence-corrected chi connectivity index (χ0v) is 15.6. The third-order valence-electron chi connectivity index (χ3n) is 4.44. The van der Waals surface area contributed by atoms with Crippen LogP contribution < -0.4 is 4.74 Å². The number of hydrogen-bond acceptors (Lipinski definition) is 7. The fourth-order valence-corrected chi connectivity index (χ4v) is 3.03. The standard InChI is InChI=1S/C22H14O9/c23-10-31-19-9-13(3-6-18(19)26)20(11-1-4-16(24)14(7-11)21(27)28)12-2-5-17(25)15(8-12)22(29)30/h1-10,24,26H,(H,27,28)(H,29,30)/b20-12+. The molecule has 2 aromatic rings. The molecule has 0 bridgehead atoms. The Bertz CT molecular complexity index is 1220. The van der Waals surface area contributed by atoms with Crippen molar-refractivity contribution in [3.05, 3.63) is 82.5 Å². The Morgan fingerprint density at radius 1 is 0.871 bits per heavy atom. The van der Waals surface area contributed by atoms with E-state index in [9.17, 15) is 39.6 Å². The Morgan fingerprint density at radius 3 is 2.13 bits per heavy atom. The molecule has 0 unspecified atom stereocenters. The van der Waals surface area contributed by atoms with Crippen LogP contribution in [0.4, 0.5) is 0 Å². The number of carboxylic acids is 2. The number of carbonyl (C=O) groups is 4. The lowest BCUT2D eigenvalue weighted by atomic mass is 9.88. The van der Waals surface area contributed by atoms with Crippen molar-refractivity contribution in [2.75, 3.05) is 0 Å². The number of hydrogen-bond donors (Lipinski definition) is 4. The van der Waals surface area contributed by atoms with E-state index in [4.69, 9.17) is 4.74 Å². The maximum Gasteiger partial charge on any atom is 0.339 e. The molecule has 0 atom stereocenters. The van der Waals surface area contributed by atoms with Crippen molar-refractivity contribution < 1.29 is 44.3 Å². The Kier molecular flexibility index (Phi) is 5.69. The normalized spacial score (nSPS) is 14.6. The second-order valence-corrected chi connectivity index (χ2v) is 6.32. The second kappa shape index (κ2) is 8.37. The van der Waals surface area contributed by atoms with E-state index in [2.05, 4.69) is 0 Å². The maximum absolute atomic E-state index is 11.9. The molecule has 1 aliphatic carbocycles. The molecule has 31 heavy (non-hydrogen) atoms. The Balaban J connectivity index is 2.35. The molecule has 1 aliphatic rings. The Morgan fingerprint density at radius 2 is 1.52 bits per heavy atom. The lowest BCUT2D eigenvalue weighted by Crippen LogP contribution is -2.13. The summed E-state index contributed by atoms with van der Waals surface area (Å²) in [6.07, 6.45) is 3.53. The summed E-state index contributed by atoms with van der Waals surface area (Å²) in [5.74, 6) is -4.57. The maximum atomic E-state index is 11.9. The minimum absolute atomic E-state index is 0.107. The average Bonchev–Trinajstić information content (AvgIpc) is 2.72. The highest BCUT2D eigenvalue weighted by atomic mass is 16.5. The fourth-order valence-electron chi connectivity index (χ4n) is 3.03. The van der Waals surface area contributed by atoms with Gasteiger partial charge in [-0.05, 0) is 58.7 Å². The van der Waals surface area contributed by atoms with Crippen LogP contribution in [0.25, 0.3) is 5.57 Å². The number of carbonyl (C=O) groups excluding carboxylic acids is 2. The first-order valence-corrected chi connectivity index (χ1v) is 8.65. The Labute approximate surface area is 174 Å². The smallest absolute Gasteiger partial charge is 0.339 e. The van der Waals surface area contributed by atoms with Crippen molar-refractivity contribution in [2.24, 2.45) is 0 Å². The molecule has 2 aromatic carbocycles. The zero-order valence-electron chi connectivity index (χ0n) is 15.6. The third kappa shape index (κ3) is 4.20. The Hall–Kier alpha value is -4.66. The van der Waals surface area contributed by atoms with Gasteiger partial charge in [0.2, 0.25) is 0 Å². The molecule has 9 nitrogen and oxygen atoms in total. The average molecular weight is 422 g/mol. The van der Waals surface area contributed by atoms with Gasteiger partial charge in [-0.1, -0.05) is 18.2 Å². The monoisotopic (exact) mass is 422 g/mol. The van der Waals surface area contributed by atoms with Gasteiger partial charge in [0, 0.05) is 0 Å². The summed E-state index contributed by atoms with van der Waals surface area (Å²) in [5, 5.41) is 38.3. The number of ether oxygens (including phenoxy) is 1. The van der Waals surface area contributed by atoms with E-state index in [0.717, 1.165) is 18.2 Å². The number of benzene rings is 2. The molecule has 0 fully saturated rings. The van der Waals surface area contributed by atoms with Gasteiger partial charge in [0.05, 0.1) is 0 Å². The quantitative estimate of drug-likeness (QED) is 0.405. The number of phenols is 2. The van der Waals surface area contributed by atoms with Gasteiger partial charge in [-0.2, -0.15) is 0 Å². The topological polar surface area (TPSA) is 158 Å². The van der Waals surface area contributed by atoms with Gasteiger partial charge < -0.3 is 25.2 Å². The molecule has 0 amide bonds. The van der Waals surface area contributed by atoms with Crippen LogP contribution in [-0.4, -0.2) is 44.6 Å². The number of aromatic hydroxyl groups is 2. The number of ketones is 1. The van der Waals surface area contributed by atoms with E-state index in [1.807, 2.05) is 0 Å². The summed E-state index contributed by atoms with van der Waals surface area (Å²) in [5.41, 5.74) is 0.162. The first kappa shape index (κ1) is 21.1. The van der Waals surface area contributed by atoms with Crippen LogP contribution in [0.3, 0.4) is 0 Å². The SMILES string of the molecule is O=COc1cc(/C(=C2\C=CC(=O)C(C(=O)O)=C2)c2ccc(O)c(C(=O)O)c2)ccc1O. The molecular formula is C22H14O9. The predicted octanol–water partition coefficient (Wildman–Crippen LogP) is 2.28. The molecule has 0 spiro atoms. The van der Waals surface area contributed by atoms with Crippen molar-refractivity contribution in [2.45, 2.75) is 0 Å². The van der Waals surface area contributed by atoms with Gasteiger partial charge in [0.15, 0.2) is 17.3 Å². The lowest BCUT2D eigenvalue weighted by molar-refractivity contribution is -0.134. The number of allylic oxidation sites excluding steroid dienone is 4. The number of aliphatic carboxylic acids is 1. The molecule has 156 valence electrons. The summed E-state index contributed by atoms with van der Waals surface area (Å²) in [6.45, 7) is 0.107. The zero-order chi connectivity index (χ0) is 22.7. The van der Waals surface area contributed by atoms with Gasteiger partial charge in [-0.15, -0.1) is 0 Å². The molecule has 0 aromatic heterocycles. The molecule has 0 saturated carbocycles. The largest absolute Gasteiger partial charge is 0.507 e. The molecule has 4 N–H and O–H groups in total. The van der Waals surface area contributed by atoms with E-state index in [0.29, 0.717) is 5.56 Å². The summed E-state index contributed by atoms with van der Waals surface area (Å²) in [6, 6.07) is 7.68. The van der Waals surface area contributed by atoms with Crippen LogP contribution in [0.15, 0.2) is 65.8 Å². The van der Waals surface area contributed by atoms with Crippen LogP contribution >= 0.6 is 0 Å². The third-order valence-corrected chi connectivity index (χ3v) is 4.44. The number of aromatic carboxylic acids is 1. The van der Waals surface area contributed by atoms with E-state index < -0.39 is 34.6 Å². The van der Waals surface area contributed by atoms with Crippen molar-refractivity contribution in [3.63, 3.8) is 0 Å². The van der Waals surface area contributed by atoms with Crippen LogP contribution in [-0.2, 0) is 14.4 Å². The van der Waals surface area contributed by atoms with Gasteiger partial charge in [-0.25, -0.2) is 9.59 Å². The second-order valence-electron chi connectivity index (χ2n) is 6.32. The minimum atomic E-state index is -1.45. The van der Waals surface area contributed by atoms with Crippen LogP contribution in [0.5, 0.6) is 17.2 Å². The number of phenolic OH excluding ortho intramolecular Hbond substituents is 1. The number of rotatable bonds is 6. The van der Waals surface area contributed by atoms with E-state index >= 15 is 0 Å². The van der Waals surface area contributed by atoms with Gasteiger partial charge >= 0.3 is 11.9 Å². The summed E-state index contributed by atoms with van der Waals surface area (Å²) < 4.78 is 4.74. The molecule has 0 heterocycles. The highest BCUT2D eigenvalue weighted by molar-refractivity contribution is 6.23. The van der Waals surface area contributed by atoms with E-state index in [1.165, 1.54) is 36.4 Å². The molecule has 9 heteroatoms. The van der Waals surface area contributed by atoms with Crippen LogP contribution in [0.2, 0.25) is 0 Å². The lowest BCUT2D eigenvalue weighted by Gasteiger charge is -2.16. The van der Waals surface area contributed by atoms with Gasteiger partial charge in [0.25, 0.3) is 6.47 Å². The summed E-state index contributed by atoms with van der Waals surface area (Å²) in [4.78, 5) is 45.5. The van der Waals surface area contributed by atoms with Crippen molar-refractivity contribution >= 4 is 29.8 Å². The first-order valence-electron chi connectivity index (χ1n) is 8.65. The van der Waals surface area contributed by atoms with Crippen molar-refractivity contribution in [1.29, 1.82) is 0 Å². The molecular weight excluding hydrogens is 408 g/mol. The predicted molar refractivity (Wildman–Crippen MR) is 106 cm³/mol. The van der Waals surface area contributed by atoms with Gasteiger partial charge in [-0.3, -0.25) is 9.59 Å².